The van der Waals surface area contributed by atoms with Crippen LogP contribution in [0.5, 0.6) is 11.5 Å². The molecule has 0 bridgehead atoms. The van der Waals surface area contributed by atoms with Crippen molar-refractivity contribution in [1.82, 2.24) is 4.90 Å². The van der Waals surface area contributed by atoms with Crippen LogP contribution in [0.15, 0.2) is 72.8 Å². The second-order valence-corrected chi connectivity index (χ2v) is 10.3. The van der Waals surface area contributed by atoms with Crippen molar-refractivity contribution >= 4 is 27.2 Å². The lowest BCUT2D eigenvalue weighted by Gasteiger charge is -2.30. The summed E-state index contributed by atoms with van der Waals surface area (Å²) >= 11 is 1.63. The molecule has 5 heteroatoms. The van der Waals surface area contributed by atoms with Crippen LogP contribution in [0.1, 0.15) is 35.7 Å². The maximum absolute atomic E-state index is 13.8. The average molecular weight is 486 g/mol. The largest absolute Gasteiger partial charge is 0.497 e. The Morgan fingerprint density at radius 3 is 2.54 bits per heavy atom. The molecule has 0 aliphatic carbocycles. The highest BCUT2D eigenvalue weighted by Crippen LogP contribution is 2.41. The normalized spacial score (nSPS) is 16.3. The highest BCUT2D eigenvalue weighted by molar-refractivity contribution is 7.22. The van der Waals surface area contributed by atoms with Crippen molar-refractivity contribution in [1.29, 1.82) is 0 Å². The lowest BCUT2D eigenvalue weighted by atomic mass is 9.97. The molecule has 1 atom stereocenters. The number of piperidine rings is 1. The summed E-state index contributed by atoms with van der Waals surface area (Å²) in [5, 5.41) is 0.954. The van der Waals surface area contributed by atoms with Crippen LogP contribution in [0.3, 0.4) is 0 Å². The molecule has 4 aromatic rings. The summed E-state index contributed by atoms with van der Waals surface area (Å²) in [4.78, 5) is 17.2. The zero-order valence-electron chi connectivity index (χ0n) is 20.3. The first-order chi connectivity index (χ1) is 17.1. The minimum atomic E-state index is 0.0223. The molecule has 4 nitrogen and oxygen atoms in total. The summed E-state index contributed by atoms with van der Waals surface area (Å²) in [6.45, 7) is 6.23. The molecule has 0 amide bonds. The Balaban J connectivity index is 1.36. The Hall–Kier alpha value is -3.15. The number of carbonyl (C=O) groups excluding carboxylic acids is 1. The molecule has 1 aromatic heterocycles. The van der Waals surface area contributed by atoms with Gasteiger partial charge in [-0.25, -0.2) is 0 Å². The molecule has 180 valence electrons. The van der Waals surface area contributed by atoms with Gasteiger partial charge in [-0.2, -0.15) is 0 Å². The summed E-state index contributed by atoms with van der Waals surface area (Å²) in [6.07, 6.45) is 2.60. The third kappa shape index (κ3) is 5.26. The van der Waals surface area contributed by atoms with Gasteiger partial charge in [0.2, 0.25) is 0 Å². The van der Waals surface area contributed by atoms with E-state index in [1.807, 2.05) is 60.7 Å². The molecule has 0 saturated carbocycles. The van der Waals surface area contributed by atoms with Gasteiger partial charge in [0.1, 0.15) is 18.1 Å². The van der Waals surface area contributed by atoms with E-state index in [4.69, 9.17) is 9.47 Å². The van der Waals surface area contributed by atoms with Gasteiger partial charge < -0.3 is 9.47 Å². The molecule has 35 heavy (non-hydrogen) atoms. The van der Waals surface area contributed by atoms with E-state index >= 15 is 0 Å². The second-order valence-electron chi connectivity index (χ2n) is 9.28. The van der Waals surface area contributed by atoms with Crippen molar-refractivity contribution < 1.29 is 14.3 Å². The number of hydrogen-bond donors (Lipinski definition) is 0. The van der Waals surface area contributed by atoms with Gasteiger partial charge >= 0.3 is 0 Å². The van der Waals surface area contributed by atoms with Crippen LogP contribution in [0.2, 0.25) is 0 Å². The fraction of sp³-hybridized carbons (Fsp3) is 0.300. The van der Waals surface area contributed by atoms with E-state index in [0.29, 0.717) is 12.2 Å². The Morgan fingerprint density at radius 2 is 1.80 bits per heavy atom. The Labute approximate surface area is 211 Å². The first kappa shape index (κ1) is 23.6. The predicted octanol–water partition coefficient (Wildman–Crippen LogP) is 6.92. The summed E-state index contributed by atoms with van der Waals surface area (Å²) in [6, 6.07) is 23.6. The highest BCUT2D eigenvalue weighted by Gasteiger charge is 2.22. The molecular weight excluding hydrogens is 454 g/mol. The molecule has 5 rings (SSSR count). The Morgan fingerprint density at radius 1 is 1.03 bits per heavy atom. The SMILES string of the molecule is COc1ccc2c(C(=O)c3ccc(OCCN4CCCC(C)C4)cc3)c(-c3ccccc3)sc2c1. The molecule has 0 N–H and O–H groups in total. The van der Waals surface area contributed by atoms with Crippen molar-refractivity contribution in [3.05, 3.63) is 83.9 Å². The molecular formula is C30H31NO3S. The van der Waals surface area contributed by atoms with E-state index in [0.717, 1.165) is 63.1 Å². The van der Waals surface area contributed by atoms with Crippen LogP contribution in [0.25, 0.3) is 20.5 Å². The molecule has 0 spiro atoms. The van der Waals surface area contributed by atoms with E-state index in [1.54, 1.807) is 18.4 Å². The van der Waals surface area contributed by atoms with Crippen LogP contribution in [0, 0.1) is 5.92 Å². The zero-order valence-corrected chi connectivity index (χ0v) is 21.1. The van der Waals surface area contributed by atoms with Crippen molar-refractivity contribution in [2.24, 2.45) is 5.92 Å². The fourth-order valence-corrected chi connectivity index (χ4v) is 6.09. The molecule has 0 radical (unpaired) electrons. The maximum atomic E-state index is 13.8. The fourth-order valence-electron chi connectivity index (χ4n) is 4.85. The van der Waals surface area contributed by atoms with Gasteiger partial charge in [0.15, 0.2) is 5.78 Å². The molecule has 1 unspecified atom stereocenters. The zero-order chi connectivity index (χ0) is 24.2. The van der Waals surface area contributed by atoms with Crippen molar-refractivity contribution in [2.75, 3.05) is 33.4 Å². The van der Waals surface area contributed by atoms with E-state index in [1.165, 1.54) is 12.8 Å². The molecule has 1 saturated heterocycles. The van der Waals surface area contributed by atoms with E-state index in [9.17, 15) is 4.79 Å². The number of benzene rings is 3. The third-order valence-corrected chi connectivity index (χ3v) is 7.90. The number of ether oxygens (including phenoxy) is 2. The lowest BCUT2D eigenvalue weighted by molar-refractivity contribution is 0.104. The van der Waals surface area contributed by atoms with Gasteiger partial charge in [-0.1, -0.05) is 37.3 Å². The van der Waals surface area contributed by atoms with Crippen LogP contribution in [-0.2, 0) is 0 Å². The van der Waals surface area contributed by atoms with Crippen molar-refractivity contribution in [2.45, 2.75) is 19.8 Å². The van der Waals surface area contributed by atoms with Crippen LogP contribution < -0.4 is 9.47 Å². The molecule has 1 fully saturated rings. The highest BCUT2D eigenvalue weighted by atomic mass is 32.1. The van der Waals surface area contributed by atoms with Crippen LogP contribution >= 0.6 is 11.3 Å². The van der Waals surface area contributed by atoms with Gasteiger partial charge in [-0.15, -0.1) is 11.3 Å². The first-order valence-corrected chi connectivity index (χ1v) is 13.1. The molecule has 3 aromatic carbocycles. The average Bonchev–Trinajstić information content (AvgIpc) is 3.28. The number of likely N-dealkylation sites (tertiary alicyclic amines) is 1. The van der Waals surface area contributed by atoms with Gasteiger partial charge in [0, 0.05) is 39.2 Å². The Kier molecular flexibility index (Phi) is 7.16. The van der Waals surface area contributed by atoms with Gasteiger partial charge in [0.05, 0.1) is 7.11 Å². The number of fused-ring (bicyclic) bond motifs is 1. The maximum Gasteiger partial charge on any atom is 0.195 e. The van der Waals surface area contributed by atoms with Gasteiger partial charge in [-0.05, 0) is 73.3 Å². The summed E-state index contributed by atoms with van der Waals surface area (Å²) in [5.41, 5.74) is 2.45. The topological polar surface area (TPSA) is 38.8 Å². The number of ketones is 1. The molecule has 1 aliphatic heterocycles. The van der Waals surface area contributed by atoms with Crippen molar-refractivity contribution in [3.63, 3.8) is 0 Å². The third-order valence-electron chi connectivity index (χ3n) is 6.69. The predicted molar refractivity (Wildman–Crippen MR) is 144 cm³/mol. The number of nitrogens with zero attached hydrogens (tertiary/aromatic N) is 1. The quantitative estimate of drug-likeness (QED) is 0.254. The lowest BCUT2D eigenvalue weighted by Crippen LogP contribution is -2.37. The standard InChI is InChI=1S/C30H31NO3S/c1-21-7-6-16-31(20-21)17-18-34-24-12-10-22(11-13-24)29(32)28-26-15-14-25(33-2)19-27(26)35-30(28)23-8-4-3-5-9-23/h3-5,8-15,19,21H,6-7,16-18,20H2,1-2H3. The minimum Gasteiger partial charge on any atom is -0.497 e. The van der Waals surface area contributed by atoms with E-state index in [-0.39, 0.29) is 5.78 Å². The van der Waals surface area contributed by atoms with Gasteiger partial charge in [-0.3, -0.25) is 9.69 Å². The molecule has 1 aliphatic rings. The first-order valence-electron chi connectivity index (χ1n) is 12.3. The second kappa shape index (κ2) is 10.6. The summed E-state index contributed by atoms with van der Waals surface area (Å²) < 4.78 is 12.5. The van der Waals surface area contributed by atoms with Crippen molar-refractivity contribution in [3.8, 4) is 21.9 Å². The summed E-state index contributed by atoms with van der Waals surface area (Å²) in [5.74, 6) is 2.38. The van der Waals surface area contributed by atoms with Crippen LogP contribution in [0.4, 0.5) is 0 Å². The van der Waals surface area contributed by atoms with E-state index < -0.39 is 0 Å². The number of hydrogen-bond acceptors (Lipinski definition) is 5. The van der Waals surface area contributed by atoms with E-state index in [2.05, 4.69) is 24.0 Å². The smallest absolute Gasteiger partial charge is 0.195 e. The number of rotatable bonds is 8. The summed E-state index contributed by atoms with van der Waals surface area (Å²) in [7, 11) is 1.66. The molecule has 2 heterocycles. The number of carbonyl (C=O) groups is 1. The van der Waals surface area contributed by atoms with Gasteiger partial charge in [0.25, 0.3) is 0 Å². The number of methoxy groups -OCH3 is 1. The minimum absolute atomic E-state index is 0.0223. The Bertz CT molecular complexity index is 1300. The monoisotopic (exact) mass is 485 g/mol. The number of thiophene rings is 1. The van der Waals surface area contributed by atoms with Crippen LogP contribution in [-0.4, -0.2) is 44.0 Å².